The summed E-state index contributed by atoms with van der Waals surface area (Å²) in [5.41, 5.74) is 0. The third-order valence-corrected chi connectivity index (χ3v) is 5.71. The van der Waals surface area contributed by atoms with Crippen LogP contribution in [-0.2, 0) is 9.53 Å². The zero-order valence-corrected chi connectivity index (χ0v) is 15.5. The summed E-state index contributed by atoms with van der Waals surface area (Å²) >= 11 is 2.05. The van der Waals surface area contributed by atoms with Crippen molar-refractivity contribution in [3.63, 3.8) is 0 Å². The molecule has 0 radical (unpaired) electrons. The number of thioether (sulfide) groups is 1. The van der Waals surface area contributed by atoms with Crippen LogP contribution in [0.3, 0.4) is 0 Å². The molecule has 146 valence electrons. The summed E-state index contributed by atoms with van der Waals surface area (Å²) in [5.74, 6) is 0.356. The topological polar surface area (TPSA) is 78.8 Å². The summed E-state index contributed by atoms with van der Waals surface area (Å²) in [5, 5.41) is 7.12. The van der Waals surface area contributed by atoms with Gasteiger partial charge in [-0.2, -0.15) is 13.2 Å². The van der Waals surface area contributed by atoms with Crippen LogP contribution < -0.4 is 9.80 Å². The van der Waals surface area contributed by atoms with E-state index in [-0.39, 0.29) is 0 Å². The second-order valence-corrected chi connectivity index (χ2v) is 7.83. The summed E-state index contributed by atoms with van der Waals surface area (Å²) in [4.78, 5) is 21.9. The van der Waals surface area contributed by atoms with Gasteiger partial charge in [-0.1, -0.05) is 0 Å². The van der Waals surface area contributed by atoms with E-state index >= 15 is 0 Å². The van der Waals surface area contributed by atoms with Crippen molar-refractivity contribution in [1.82, 2.24) is 9.97 Å². The maximum absolute atomic E-state index is 10.6. The first-order valence-corrected chi connectivity index (χ1v) is 8.76. The Morgan fingerprint density at radius 3 is 2.50 bits per heavy atom. The molecule has 3 rings (SSSR count). The first kappa shape index (κ1) is 20.6. The van der Waals surface area contributed by atoms with Crippen molar-refractivity contribution >= 4 is 29.4 Å². The molecular weight excluding hydrogens is 373 g/mol. The lowest BCUT2D eigenvalue weighted by molar-refractivity contribution is -0.192. The molecule has 1 aromatic heterocycles. The lowest BCUT2D eigenvalue weighted by Crippen LogP contribution is -2.59. The predicted octanol–water partition coefficient (Wildman–Crippen LogP) is 1.89. The highest BCUT2D eigenvalue weighted by molar-refractivity contribution is 8.01. The van der Waals surface area contributed by atoms with Crippen molar-refractivity contribution in [3.05, 3.63) is 12.4 Å². The number of aliphatic carboxylic acids is 1. The Kier molecular flexibility index (Phi) is 6.22. The smallest absolute Gasteiger partial charge is 0.475 e. The monoisotopic (exact) mass is 394 g/mol. The molecule has 2 fully saturated rings. The molecule has 1 spiro atoms. The van der Waals surface area contributed by atoms with Crippen LogP contribution in [0.25, 0.3) is 0 Å². The highest BCUT2D eigenvalue weighted by Gasteiger charge is 2.49. The fourth-order valence-corrected chi connectivity index (χ4v) is 4.33. The summed E-state index contributed by atoms with van der Waals surface area (Å²) in [6, 6.07) is 2.06. The molecule has 2 aliphatic heterocycles. The summed E-state index contributed by atoms with van der Waals surface area (Å²) in [7, 11) is 5.81. The fraction of sp³-hybridized carbons (Fsp3) is 0.667. The average molecular weight is 394 g/mol. The minimum atomic E-state index is -5.08. The van der Waals surface area contributed by atoms with E-state index in [1.54, 1.807) is 6.33 Å². The van der Waals surface area contributed by atoms with Crippen molar-refractivity contribution in [2.75, 3.05) is 49.8 Å². The van der Waals surface area contributed by atoms with Crippen LogP contribution in [0.4, 0.5) is 24.8 Å². The lowest BCUT2D eigenvalue weighted by Gasteiger charge is -2.48. The van der Waals surface area contributed by atoms with Gasteiger partial charge in [-0.05, 0) is 6.42 Å². The van der Waals surface area contributed by atoms with Crippen molar-refractivity contribution in [3.8, 4) is 0 Å². The maximum atomic E-state index is 10.6. The Bertz CT molecular complexity index is 639. The molecule has 11 heteroatoms. The number of methoxy groups -OCH3 is 1. The molecule has 0 amide bonds. The van der Waals surface area contributed by atoms with Gasteiger partial charge in [0.1, 0.15) is 18.0 Å². The van der Waals surface area contributed by atoms with Gasteiger partial charge in [-0.25, -0.2) is 14.8 Å². The Hall–Kier alpha value is -1.75. The minimum Gasteiger partial charge on any atom is -0.475 e. The zero-order chi connectivity index (χ0) is 19.5. The molecule has 2 saturated heterocycles. The van der Waals surface area contributed by atoms with Gasteiger partial charge in [-0.15, -0.1) is 11.8 Å². The molecule has 26 heavy (non-hydrogen) atoms. The molecule has 1 N–H and O–H groups in total. The molecule has 7 nitrogen and oxygen atoms in total. The second-order valence-electron chi connectivity index (χ2n) is 6.34. The molecular formula is C15H21F3N4O3S. The van der Waals surface area contributed by atoms with Crippen molar-refractivity contribution < 1.29 is 27.8 Å². The van der Waals surface area contributed by atoms with Crippen molar-refractivity contribution in [2.45, 2.75) is 23.4 Å². The van der Waals surface area contributed by atoms with Crippen LogP contribution in [0.1, 0.15) is 6.42 Å². The van der Waals surface area contributed by atoms with Crippen LogP contribution in [0, 0.1) is 0 Å². The number of rotatable bonds is 3. The fourth-order valence-electron chi connectivity index (χ4n) is 2.74. The number of hydrogen-bond donors (Lipinski definition) is 1. The van der Waals surface area contributed by atoms with Gasteiger partial charge >= 0.3 is 12.1 Å². The van der Waals surface area contributed by atoms with Crippen molar-refractivity contribution in [1.29, 1.82) is 0 Å². The van der Waals surface area contributed by atoms with E-state index in [9.17, 15) is 13.2 Å². The number of anilines is 2. The van der Waals surface area contributed by atoms with E-state index in [0.717, 1.165) is 36.9 Å². The van der Waals surface area contributed by atoms with E-state index < -0.39 is 12.1 Å². The number of carbonyl (C=O) groups is 1. The van der Waals surface area contributed by atoms with Crippen LogP contribution >= 0.6 is 11.8 Å². The number of carboxylic acid groups (broad SMARTS) is 1. The van der Waals surface area contributed by atoms with Gasteiger partial charge in [0.2, 0.25) is 0 Å². The standard InChI is InChI=1S/C13H20N4OS.C2HF3O2/c1-16(2)11-4-12(15-9-14-11)17-7-13(8-17)5-10(18-3)6-19-13;3-2(4,5)1(6)7/h4,9-10H,5-8H2,1-3H3;(H,6,7). The van der Waals surface area contributed by atoms with Gasteiger partial charge in [0, 0.05) is 46.1 Å². The molecule has 3 heterocycles. The highest BCUT2D eigenvalue weighted by atomic mass is 32.2. The van der Waals surface area contributed by atoms with Crippen LogP contribution in [0.15, 0.2) is 12.4 Å². The Balaban J connectivity index is 0.000000298. The summed E-state index contributed by atoms with van der Waals surface area (Å²) in [6.45, 7) is 2.14. The zero-order valence-electron chi connectivity index (χ0n) is 14.7. The van der Waals surface area contributed by atoms with Crippen LogP contribution in [-0.4, -0.2) is 78.1 Å². The number of alkyl halides is 3. The molecule has 0 aromatic carbocycles. The van der Waals surface area contributed by atoms with Gasteiger partial charge in [-0.3, -0.25) is 0 Å². The molecule has 1 aromatic rings. The Morgan fingerprint density at radius 1 is 1.42 bits per heavy atom. The first-order chi connectivity index (χ1) is 12.1. The quantitative estimate of drug-likeness (QED) is 0.833. The van der Waals surface area contributed by atoms with Crippen molar-refractivity contribution in [2.24, 2.45) is 0 Å². The van der Waals surface area contributed by atoms with E-state index in [4.69, 9.17) is 14.6 Å². The number of ether oxygens (including phenoxy) is 1. The van der Waals surface area contributed by atoms with Gasteiger partial charge in [0.15, 0.2) is 0 Å². The third-order valence-electron chi connectivity index (χ3n) is 4.13. The van der Waals surface area contributed by atoms with E-state index in [0.29, 0.717) is 10.9 Å². The number of aromatic nitrogens is 2. The maximum Gasteiger partial charge on any atom is 0.490 e. The number of hydrogen-bond acceptors (Lipinski definition) is 7. The molecule has 0 bridgehead atoms. The number of halogens is 3. The Morgan fingerprint density at radius 2 is 2.04 bits per heavy atom. The van der Waals surface area contributed by atoms with E-state index in [1.807, 2.05) is 26.1 Å². The largest absolute Gasteiger partial charge is 0.490 e. The average Bonchev–Trinajstić information content (AvgIpc) is 2.98. The van der Waals surface area contributed by atoms with E-state index in [2.05, 4.69) is 32.7 Å². The first-order valence-electron chi connectivity index (χ1n) is 7.77. The number of nitrogens with zero attached hydrogens (tertiary/aromatic N) is 4. The van der Waals surface area contributed by atoms with Crippen LogP contribution in [0.2, 0.25) is 0 Å². The minimum absolute atomic E-state index is 0.393. The third kappa shape index (κ3) is 4.91. The summed E-state index contributed by atoms with van der Waals surface area (Å²) in [6.07, 6.45) is -1.85. The molecule has 0 saturated carbocycles. The normalized spacial score (nSPS) is 21.0. The van der Waals surface area contributed by atoms with E-state index in [1.165, 1.54) is 0 Å². The predicted molar refractivity (Wildman–Crippen MR) is 92.9 cm³/mol. The lowest BCUT2D eigenvalue weighted by atomic mass is 9.93. The Labute approximate surface area is 153 Å². The molecule has 0 aliphatic carbocycles. The second kappa shape index (κ2) is 7.87. The number of carboxylic acids is 1. The molecule has 2 aliphatic rings. The molecule has 1 unspecified atom stereocenters. The van der Waals surface area contributed by atoms with Gasteiger partial charge < -0.3 is 19.6 Å². The molecule has 1 atom stereocenters. The van der Waals surface area contributed by atoms with Crippen LogP contribution in [0.5, 0.6) is 0 Å². The summed E-state index contributed by atoms with van der Waals surface area (Å²) < 4.78 is 37.6. The highest BCUT2D eigenvalue weighted by Crippen LogP contribution is 2.46. The van der Waals surface area contributed by atoms with Gasteiger partial charge in [0.25, 0.3) is 0 Å². The SMILES string of the molecule is COC1CSC2(C1)CN(c1cc(N(C)C)ncn1)C2.O=C(O)C(F)(F)F. The van der Waals surface area contributed by atoms with Gasteiger partial charge in [0.05, 0.1) is 10.9 Å².